The quantitative estimate of drug-likeness (QED) is 0.475. The first-order chi connectivity index (χ1) is 15.9. The molecule has 3 heterocycles. The summed E-state index contributed by atoms with van der Waals surface area (Å²) in [6.45, 7) is 5.01. The number of carbonyl (C=O) groups excluding carboxylic acids is 2. The summed E-state index contributed by atoms with van der Waals surface area (Å²) >= 11 is 1.65. The minimum atomic E-state index is -0.441. The second kappa shape index (κ2) is 10.2. The number of hydrogen-bond donors (Lipinski definition) is 0. The Balaban J connectivity index is 1.53. The fourth-order valence-electron chi connectivity index (χ4n) is 4.08. The van der Waals surface area contributed by atoms with Gasteiger partial charge < -0.3 is 19.0 Å². The van der Waals surface area contributed by atoms with Crippen molar-refractivity contribution in [3.63, 3.8) is 0 Å². The Bertz CT molecular complexity index is 1100. The van der Waals surface area contributed by atoms with E-state index in [1.165, 1.54) is 22.1 Å². The lowest BCUT2D eigenvalue weighted by Gasteiger charge is -2.37. The van der Waals surface area contributed by atoms with Crippen LogP contribution in [-0.4, -0.2) is 47.9 Å². The monoisotopic (exact) mass is 470 g/mol. The number of amides is 2. The lowest BCUT2D eigenvalue weighted by atomic mass is 10.00. The second-order valence-electron chi connectivity index (χ2n) is 8.45. The molecule has 2 amide bonds. The molecule has 0 saturated heterocycles. The van der Waals surface area contributed by atoms with Gasteiger partial charge >= 0.3 is 0 Å². The summed E-state index contributed by atoms with van der Waals surface area (Å²) in [5.74, 6) is -0.377. The van der Waals surface area contributed by atoms with Crippen molar-refractivity contribution in [1.29, 1.82) is 0 Å². The largest absolute Gasteiger partial charge is 0.488 e. The fraction of sp³-hybridized carbons (Fsp3) is 0.360. The van der Waals surface area contributed by atoms with Crippen LogP contribution in [0, 0.1) is 11.7 Å². The number of halogens is 1. The van der Waals surface area contributed by atoms with Crippen LogP contribution in [0.5, 0.6) is 5.75 Å². The number of benzene rings is 1. The molecule has 4 rings (SSSR count). The number of nitrogens with zero attached hydrogens (tertiary/aromatic N) is 2. The number of rotatable bonds is 8. The first-order valence-electron chi connectivity index (χ1n) is 11.0. The van der Waals surface area contributed by atoms with Gasteiger partial charge in [0.25, 0.3) is 5.91 Å². The molecule has 1 aliphatic rings. The Kier molecular flexibility index (Phi) is 7.13. The third-order valence-electron chi connectivity index (χ3n) is 5.58. The molecular formula is C25H27FN2O4S. The normalized spacial score (nSPS) is 15.4. The molecular weight excluding hydrogens is 443 g/mol. The van der Waals surface area contributed by atoms with Gasteiger partial charge in [0.2, 0.25) is 5.91 Å². The minimum absolute atomic E-state index is 0.0621. The van der Waals surface area contributed by atoms with Crippen LogP contribution >= 0.6 is 11.3 Å². The molecule has 0 spiro atoms. The fourth-order valence-corrected chi connectivity index (χ4v) is 5.00. The van der Waals surface area contributed by atoms with Crippen molar-refractivity contribution >= 4 is 23.2 Å². The summed E-state index contributed by atoms with van der Waals surface area (Å²) in [5, 5.41) is 2.00. The van der Waals surface area contributed by atoms with E-state index in [1.807, 2.05) is 25.3 Å². The summed E-state index contributed by atoms with van der Waals surface area (Å²) in [6, 6.07) is 11.1. The molecule has 2 aromatic heterocycles. The predicted molar refractivity (Wildman–Crippen MR) is 124 cm³/mol. The summed E-state index contributed by atoms with van der Waals surface area (Å²) in [5.41, 5.74) is 1.02. The molecule has 1 aliphatic heterocycles. The third-order valence-corrected chi connectivity index (χ3v) is 6.58. The smallest absolute Gasteiger partial charge is 0.290 e. The maximum absolute atomic E-state index is 14.1. The number of para-hydroxylation sites is 1. The number of ether oxygens (including phenoxy) is 1. The van der Waals surface area contributed by atoms with Crippen molar-refractivity contribution in [2.75, 3.05) is 26.2 Å². The number of furan rings is 1. The Hall–Kier alpha value is -3.13. The van der Waals surface area contributed by atoms with E-state index >= 15 is 0 Å². The van der Waals surface area contributed by atoms with Crippen molar-refractivity contribution < 1.29 is 23.1 Å². The number of fused-ring (bicyclic) bond motifs is 1. The van der Waals surface area contributed by atoms with Gasteiger partial charge in [-0.15, -0.1) is 11.3 Å². The number of thiophene rings is 1. The Morgan fingerprint density at radius 2 is 2.06 bits per heavy atom. The summed E-state index contributed by atoms with van der Waals surface area (Å²) in [7, 11) is 0. The molecule has 0 radical (unpaired) electrons. The van der Waals surface area contributed by atoms with Gasteiger partial charge in [-0.25, -0.2) is 4.39 Å². The van der Waals surface area contributed by atoms with E-state index in [2.05, 4.69) is 0 Å². The molecule has 8 heteroatoms. The SMILES string of the molecule is CC(C)CN(CC(=O)N1CCc2sccc2C1COc1ccccc1F)C(=O)c1ccco1. The third kappa shape index (κ3) is 5.27. The van der Waals surface area contributed by atoms with Gasteiger partial charge in [0.15, 0.2) is 17.3 Å². The van der Waals surface area contributed by atoms with E-state index in [9.17, 15) is 14.0 Å². The topological polar surface area (TPSA) is 63.0 Å². The molecule has 3 aromatic rings. The van der Waals surface area contributed by atoms with Crippen LogP contribution in [0.15, 0.2) is 58.5 Å². The summed E-state index contributed by atoms with van der Waals surface area (Å²) < 4.78 is 25.2. The van der Waals surface area contributed by atoms with Crippen LogP contribution in [0.4, 0.5) is 4.39 Å². The Labute approximate surface area is 196 Å². The van der Waals surface area contributed by atoms with E-state index in [4.69, 9.17) is 9.15 Å². The number of hydrogen-bond acceptors (Lipinski definition) is 5. The molecule has 0 fully saturated rings. The molecule has 6 nitrogen and oxygen atoms in total. The molecule has 174 valence electrons. The zero-order chi connectivity index (χ0) is 23.4. The molecule has 0 aliphatic carbocycles. The van der Waals surface area contributed by atoms with E-state index in [1.54, 1.807) is 46.6 Å². The van der Waals surface area contributed by atoms with E-state index < -0.39 is 5.82 Å². The van der Waals surface area contributed by atoms with Gasteiger partial charge in [-0.1, -0.05) is 26.0 Å². The molecule has 1 atom stereocenters. The average molecular weight is 471 g/mol. The van der Waals surface area contributed by atoms with E-state index in [0.717, 1.165) is 12.0 Å². The molecule has 0 saturated carbocycles. The van der Waals surface area contributed by atoms with Crippen LogP contribution < -0.4 is 4.74 Å². The van der Waals surface area contributed by atoms with Crippen molar-refractivity contribution in [3.8, 4) is 5.75 Å². The number of carbonyl (C=O) groups is 2. The van der Waals surface area contributed by atoms with Gasteiger partial charge in [-0.3, -0.25) is 9.59 Å². The van der Waals surface area contributed by atoms with Crippen LogP contribution in [0.3, 0.4) is 0 Å². The lowest BCUT2D eigenvalue weighted by molar-refractivity contribution is -0.135. The highest BCUT2D eigenvalue weighted by Gasteiger charge is 2.34. The molecule has 0 bridgehead atoms. The van der Waals surface area contributed by atoms with Crippen molar-refractivity contribution in [2.24, 2.45) is 5.92 Å². The van der Waals surface area contributed by atoms with Gasteiger partial charge in [0, 0.05) is 18.0 Å². The first kappa shape index (κ1) is 23.0. The highest BCUT2D eigenvalue weighted by molar-refractivity contribution is 7.10. The Morgan fingerprint density at radius 3 is 2.79 bits per heavy atom. The van der Waals surface area contributed by atoms with Crippen LogP contribution in [0.2, 0.25) is 0 Å². The predicted octanol–water partition coefficient (Wildman–Crippen LogP) is 4.78. The van der Waals surface area contributed by atoms with Gasteiger partial charge in [-0.05, 0) is 53.6 Å². The van der Waals surface area contributed by atoms with Crippen LogP contribution in [0.1, 0.15) is 40.9 Å². The Morgan fingerprint density at radius 1 is 1.24 bits per heavy atom. The zero-order valence-electron chi connectivity index (χ0n) is 18.7. The maximum Gasteiger partial charge on any atom is 0.290 e. The van der Waals surface area contributed by atoms with Gasteiger partial charge in [-0.2, -0.15) is 0 Å². The summed E-state index contributed by atoms with van der Waals surface area (Å²) in [4.78, 5) is 30.9. The summed E-state index contributed by atoms with van der Waals surface area (Å²) in [6.07, 6.45) is 2.19. The molecule has 1 aromatic carbocycles. The van der Waals surface area contributed by atoms with Gasteiger partial charge in [0.05, 0.1) is 12.3 Å². The van der Waals surface area contributed by atoms with E-state index in [-0.39, 0.29) is 48.4 Å². The average Bonchev–Trinajstić information content (AvgIpc) is 3.49. The molecule has 33 heavy (non-hydrogen) atoms. The van der Waals surface area contributed by atoms with E-state index in [0.29, 0.717) is 13.1 Å². The second-order valence-corrected chi connectivity index (χ2v) is 9.45. The van der Waals surface area contributed by atoms with Crippen LogP contribution in [-0.2, 0) is 11.2 Å². The standard InChI is InChI=1S/C25H27FN2O4S/c1-17(2)14-27(25(30)22-8-5-12-31-22)15-24(29)28-11-9-23-18(10-13-33-23)20(28)16-32-21-7-4-3-6-19(21)26/h3-8,10,12-13,17,20H,9,11,14-16H2,1-2H3. The molecule has 0 N–H and O–H groups in total. The first-order valence-corrected chi connectivity index (χ1v) is 11.9. The maximum atomic E-state index is 14.1. The highest BCUT2D eigenvalue weighted by atomic mass is 32.1. The van der Waals surface area contributed by atoms with Crippen molar-refractivity contribution in [3.05, 3.63) is 76.1 Å². The minimum Gasteiger partial charge on any atom is -0.488 e. The van der Waals surface area contributed by atoms with Crippen molar-refractivity contribution in [1.82, 2.24) is 9.80 Å². The zero-order valence-corrected chi connectivity index (χ0v) is 19.5. The van der Waals surface area contributed by atoms with Crippen LogP contribution in [0.25, 0.3) is 0 Å². The van der Waals surface area contributed by atoms with Gasteiger partial charge in [0.1, 0.15) is 13.2 Å². The lowest BCUT2D eigenvalue weighted by Crippen LogP contribution is -2.48. The highest BCUT2D eigenvalue weighted by Crippen LogP contribution is 2.34. The van der Waals surface area contributed by atoms with Crippen molar-refractivity contribution in [2.45, 2.75) is 26.3 Å². The molecule has 1 unspecified atom stereocenters.